The first-order chi connectivity index (χ1) is 21.3. The molecule has 0 spiro atoms. The van der Waals surface area contributed by atoms with E-state index in [1.165, 1.54) is 6.92 Å². The number of carbonyl (C=O) groups is 5. The number of carbonyl (C=O) groups excluding carboxylic acids is 4. The number of rotatable bonds is 7. The number of fused-ring (bicyclic) bond motifs is 4. The predicted octanol–water partition coefficient (Wildman–Crippen LogP) is 6.37. The standard InChI is InChI=1S/C17H17ClN2O4.C17H18ClNO2/c1-8(21)19-13-7-11(4-5-12(13)18)20-16(22)14-9-2-3-10(6-9)15(14)17(23)24;1-9-13(18)4-3-5-14(9)19-17(21)16-12-7-6-11(8-12)15(16)10(2)20/h2-5,7,9-10,14-15H,6H2,1H3,(H,19,21)(H,20,22)(H,23,24);3-7,11-12,15-16H,8H2,1-2H3,(H,19,21). The maximum atomic E-state index is 12.6. The molecule has 4 aliphatic rings. The second-order valence-corrected chi connectivity index (χ2v) is 13.0. The number of amides is 3. The molecule has 2 aromatic carbocycles. The van der Waals surface area contributed by atoms with E-state index < -0.39 is 17.8 Å². The Labute approximate surface area is 271 Å². The Morgan fingerprint density at radius 1 is 0.689 bits per heavy atom. The van der Waals surface area contributed by atoms with E-state index >= 15 is 0 Å². The van der Waals surface area contributed by atoms with E-state index in [1.54, 1.807) is 31.2 Å². The van der Waals surface area contributed by atoms with Crippen molar-refractivity contribution in [1.29, 1.82) is 0 Å². The second-order valence-electron chi connectivity index (χ2n) is 12.2. The monoisotopic (exact) mass is 651 g/mol. The van der Waals surface area contributed by atoms with Crippen LogP contribution in [0.1, 0.15) is 32.3 Å². The molecule has 8 atom stereocenters. The third kappa shape index (κ3) is 6.70. The number of hydrogen-bond donors (Lipinski definition) is 4. The first-order valence-corrected chi connectivity index (χ1v) is 15.6. The zero-order chi connectivity index (χ0) is 32.6. The van der Waals surface area contributed by atoms with Gasteiger partial charge in [-0.2, -0.15) is 0 Å². The minimum absolute atomic E-state index is 0.0433. The molecule has 4 aliphatic carbocycles. The van der Waals surface area contributed by atoms with Crippen LogP contribution in [0.5, 0.6) is 0 Å². The van der Waals surface area contributed by atoms with E-state index in [0.717, 1.165) is 17.7 Å². The SMILES string of the molecule is CC(=O)C1C2C=CC(C2)C1C(=O)Nc1cccc(Cl)c1C.CC(=O)Nc1cc(NC(=O)C2C3C=CC(C3)C2C(=O)O)ccc1Cl. The molecule has 45 heavy (non-hydrogen) atoms. The number of carboxylic acids is 1. The Bertz CT molecular complexity index is 1620. The zero-order valence-corrected chi connectivity index (χ0v) is 26.6. The molecule has 3 amide bonds. The van der Waals surface area contributed by atoms with Crippen molar-refractivity contribution < 1.29 is 29.1 Å². The molecule has 236 valence electrons. The van der Waals surface area contributed by atoms with E-state index in [1.807, 2.05) is 31.2 Å². The number of benzene rings is 2. The average Bonchev–Trinajstić information content (AvgIpc) is 3.78. The summed E-state index contributed by atoms with van der Waals surface area (Å²) in [6, 6.07) is 10.2. The summed E-state index contributed by atoms with van der Waals surface area (Å²) in [7, 11) is 0. The predicted molar refractivity (Wildman–Crippen MR) is 173 cm³/mol. The lowest BCUT2D eigenvalue weighted by Crippen LogP contribution is -2.36. The Hall–Kier alpha value is -3.95. The molecule has 2 aromatic rings. The van der Waals surface area contributed by atoms with E-state index in [4.69, 9.17) is 23.2 Å². The normalized spacial score (nSPS) is 28.3. The molecule has 0 heterocycles. The summed E-state index contributed by atoms with van der Waals surface area (Å²) in [5.41, 5.74) is 2.43. The number of Topliss-reactive ketones (excluding diaryl/α,β-unsaturated/α-hetero) is 1. The first-order valence-electron chi connectivity index (χ1n) is 14.9. The summed E-state index contributed by atoms with van der Waals surface area (Å²) >= 11 is 12.1. The quantitative estimate of drug-likeness (QED) is 0.256. The Morgan fingerprint density at radius 3 is 1.82 bits per heavy atom. The van der Waals surface area contributed by atoms with E-state index in [9.17, 15) is 29.1 Å². The number of ketones is 1. The van der Waals surface area contributed by atoms with Crippen LogP contribution in [0, 0.1) is 54.3 Å². The lowest BCUT2D eigenvalue weighted by molar-refractivity contribution is -0.146. The summed E-state index contributed by atoms with van der Waals surface area (Å²) in [5, 5.41) is 18.7. The van der Waals surface area contributed by atoms with Crippen LogP contribution in [-0.4, -0.2) is 34.6 Å². The van der Waals surface area contributed by atoms with Crippen molar-refractivity contribution in [1.82, 2.24) is 0 Å². The highest BCUT2D eigenvalue weighted by Gasteiger charge is 2.52. The number of nitrogens with one attached hydrogen (secondary N) is 3. The van der Waals surface area contributed by atoms with Gasteiger partial charge in [-0.3, -0.25) is 24.0 Å². The van der Waals surface area contributed by atoms with E-state index in [2.05, 4.69) is 28.1 Å². The van der Waals surface area contributed by atoms with Gasteiger partial charge in [0.1, 0.15) is 5.78 Å². The average molecular weight is 653 g/mol. The van der Waals surface area contributed by atoms with Gasteiger partial charge in [0.25, 0.3) is 0 Å². The molecule has 0 aromatic heterocycles. The van der Waals surface area contributed by atoms with Crippen LogP contribution < -0.4 is 16.0 Å². The molecule has 9 nitrogen and oxygen atoms in total. The smallest absolute Gasteiger partial charge is 0.307 e. The van der Waals surface area contributed by atoms with Gasteiger partial charge in [0.15, 0.2) is 0 Å². The molecule has 4 N–H and O–H groups in total. The molecular weight excluding hydrogens is 617 g/mol. The fourth-order valence-electron chi connectivity index (χ4n) is 7.32. The lowest BCUT2D eigenvalue weighted by Gasteiger charge is -2.25. The lowest BCUT2D eigenvalue weighted by atomic mass is 9.80. The molecule has 0 radical (unpaired) electrons. The highest BCUT2D eigenvalue weighted by molar-refractivity contribution is 6.34. The zero-order valence-electron chi connectivity index (χ0n) is 25.1. The van der Waals surface area contributed by atoms with Crippen LogP contribution in [0.25, 0.3) is 0 Å². The van der Waals surface area contributed by atoms with Crippen LogP contribution in [0.15, 0.2) is 60.7 Å². The summed E-state index contributed by atoms with van der Waals surface area (Å²) < 4.78 is 0. The first kappa shape index (κ1) is 32.4. The Morgan fingerprint density at radius 2 is 1.24 bits per heavy atom. The van der Waals surface area contributed by atoms with Crippen molar-refractivity contribution in [2.75, 3.05) is 16.0 Å². The fraction of sp³-hybridized carbons (Fsp3) is 0.382. The van der Waals surface area contributed by atoms with E-state index in [-0.39, 0.29) is 59.0 Å². The van der Waals surface area contributed by atoms with Crippen molar-refractivity contribution in [2.24, 2.45) is 47.3 Å². The van der Waals surface area contributed by atoms with Crippen LogP contribution >= 0.6 is 23.2 Å². The van der Waals surface area contributed by atoms with Crippen LogP contribution in [0.2, 0.25) is 10.0 Å². The number of aliphatic carboxylic acids is 1. The molecule has 0 saturated heterocycles. The van der Waals surface area contributed by atoms with Crippen molar-refractivity contribution in [2.45, 2.75) is 33.6 Å². The molecule has 2 fully saturated rings. The molecule has 2 saturated carbocycles. The van der Waals surface area contributed by atoms with Gasteiger partial charge >= 0.3 is 5.97 Å². The number of carboxylic acid groups (broad SMARTS) is 1. The summed E-state index contributed by atoms with van der Waals surface area (Å²) in [6.07, 6.45) is 9.61. The van der Waals surface area contributed by atoms with Gasteiger partial charge in [-0.1, -0.05) is 53.6 Å². The van der Waals surface area contributed by atoms with E-state index in [0.29, 0.717) is 27.8 Å². The van der Waals surface area contributed by atoms with Crippen molar-refractivity contribution in [3.63, 3.8) is 0 Å². The van der Waals surface area contributed by atoms with Gasteiger partial charge in [0, 0.05) is 29.2 Å². The molecule has 8 unspecified atom stereocenters. The van der Waals surface area contributed by atoms with Gasteiger partial charge in [-0.25, -0.2) is 0 Å². The molecule has 11 heteroatoms. The van der Waals surface area contributed by atoms with Crippen molar-refractivity contribution in [3.8, 4) is 0 Å². The highest BCUT2D eigenvalue weighted by atomic mass is 35.5. The molecule has 4 bridgehead atoms. The number of hydrogen-bond acceptors (Lipinski definition) is 5. The van der Waals surface area contributed by atoms with Crippen molar-refractivity contribution in [3.05, 3.63) is 76.3 Å². The fourth-order valence-corrected chi connectivity index (χ4v) is 7.66. The highest BCUT2D eigenvalue weighted by Crippen LogP contribution is 2.49. The summed E-state index contributed by atoms with van der Waals surface area (Å²) in [6.45, 7) is 4.83. The van der Waals surface area contributed by atoms with Crippen molar-refractivity contribution >= 4 is 69.7 Å². The van der Waals surface area contributed by atoms with Gasteiger partial charge < -0.3 is 21.1 Å². The number of halogens is 2. The minimum atomic E-state index is -0.943. The molecule has 0 aliphatic heterocycles. The largest absolute Gasteiger partial charge is 0.481 e. The third-order valence-electron chi connectivity index (χ3n) is 9.35. The van der Waals surface area contributed by atoms with Gasteiger partial charge in [0.2, 0.25) is 17.7 Å². The van der Waals surface area contributed by atoms with Gasteiger partial charge in [-0.05, 0) is 86.3 Å². The van der Waals surface area contributed by atoms with Gasteiger partial charge in [0.05, 0.1) is 28.5 Å². The summed E-state index contributed by atoms with van der Waals surface area (Å²) in [5.74, 6) is -2.93. The molecular formula is C34H35Cl2N3O6. The van der Waals surface area contributed by atoms with Crippen LogP contribution in [0.4, 0.5) is 17.1 Å². The minimum Gasteiger partial charge on any atom is -0.481 e. The second kappa shape index (κ2) is 13.2. The summed E-state index contributed by atoms with van der Waals surface area (Å²) in [4.78, 5) is 59.8. The Kier molecular flexibility index (Phi) is 9.51. The third-order valence-corrected chi connectivity index (χ3v) is 10.1. The topological polar surface area (TPSA) is 142 Å². The van der Waals surface area contributed by atoms with Gasteiger partial charge in [-0.15, -0.1) is 0 Å². The number of allylic oxidation sites excluding steroid dienone is 4. The molecule has 6 rings (SSSR count). The maximum Gasteiger partial charge on any atom is 0.307 e. The van der Waals surface area contributed by atoms with Crippen LogP contribution in [-0.2, 0) is 24.0 Å². The maximum absolute atomic E-state index is 12.6. The van der Waals surface area contributed by atoms with Crippen LogP contribution in [0.3, 0.4) is 0 Å². The number of anilines is 3. The Balaban J connectivity index is 0.000000179.